The molecule has 27 heavy (non-hydrogen) atoms. The zero-order valence-corrected chi connectivity index (χ0v) is 15.0. The fourth-order valence-electron chi connectivity index (χ4n) is 3.38. The SMILES string of the molecule is O=C1Nc2cccc(F)c2C1=CNc1ccc(CCN2CCOCC2)cc1. The van der Waals surface area contributed by atoms with Crippen LogP contribution in [0, 0.1) is 5.82 Å². The van der Waals surface area contributed by atoms with Gasteiger partial charge < -0.3 is 15.4 Å². The Labute approximate surface area is 157 Å². The highest BCUT2D eigenvalue weighted by Crippen LogP contribution is 2.33. The summed E-state index contributed by atoms with van der Waals surface area (Å²) >= 11 is 0. The lowest BCUT2D eigenvalue weighted by atomic mass is 10.1. The Morgan fingerprint density at radius 3 is 2.70 bits per heavy atom. The second-order valence-electron chi connectivity index (χ2n) is 6.72. The number of rotatable bonds is 5. The van der Waals surface area contributed by atoms with Gasteiger partial charge in [0.2, 0.25) is 0 Å². The summed E-state index contributed by atoms with van der Waals surface area (Å²) in [6, 6.07) is 12.7. The van der Waals surface area contributed by atoms with Gasteiger partial charge in [0, 0.05) is 37.1 Å². The Balaban J connectivity index is 1.39. The van der Waals surface area contributed by atoms with E-state index in [1.54, 1.807) is 18.3 Å². The molecule has 0 saturated carbocycles. The van der Waals surface area contributed by atoms with Crippen LogP contribution in [0.1, 0.15) is 11.1 Å². The minimum atomic E-state index is -0.405. The number of hydrogen-bond donors (Lipinski definition) is 2. The smallest absolute Gasteiger partial charge is 0.257 e. The molecular weight excluding hydrogens is 345 g/mol. The molecule has 1 saturated heterocycles. The minimum absolute atomic E-state index is 0.301. The van der Waals surface area contributed by atoms with Crippen molar-refractivity contribution in [2.24, 2.45) is 0 Å². The van der Waals surface area contributed by atoms with Gasteiger partial charge in [-0.25, -0.2) is 4.39 Å². The topological polar surface area (TPSA) is 53.6 Å². The quantitative estimate of drug-likeness (QED) is 0.798. The van der Waals surface area contributed by atoms with Gasteiger partial charge in [0.15, 0.2) is 0 Å². The van der Waals surface area contributed by atoms with Crippen molar-refractivity contribution in [2.75, 3.05) is 43.5 Å². The molecule has 0 radical (unpaired) electrons. The number of anilines is 2. The van der Waals surface area contributed by atoms with Crippen LogP contribution in [0.4, 0.5) is 15.8 Å². The van der Waals surface area contributed by atoms with Crippen molar-refractivity contribution in [2.45, 2.75) is 6.42 Å². The molecular formula is C21H22FN3O2. The number of amides is 1. The molecule has 2 heterocycles. The second-order valence-corrected chi connectivity index (χ2v) is 6.72. The summed E-state index contributed by atoms with van der Waals surface area (Å²) in [6.45, 7) is 4.64. The number of fused-ring (bicyclic) bond motifs is 1. The lowest BCUT2D eigenvalue weighted by Crippen LogP contribution is -2.37. The van der Waals surface area contributed by atoms with Crippen LogP contribution >= 0.6 is 0 Å². The van der Waals surface area contributed by atoms with E-state index in [1.807, 2.05) is 12.1 Å². The number of benzene rings is 2. The minimum Gasteiger partial charge on any atom is -0.379 e. The molecule has 6 heteroatoms. The molecule has 2 aromatic carbocycles. The molecule has 2 aliphatic heterocycles. The van der Waals surface area contributed by atoms with Crippen molar-refractivity contribution in [3.63, 3.8) is 0 Å². The van der Waals surface area contributed by atoms with Gasteiger partial charge in [-0.2, -0.15) is 0 Å². The predicted molar refractivity (Wildman–Crippen MR) is 104 cm³/mol. The number of nitrogens with one attached hydrogen (secondary N) is 2. The molecule has 1 fully saturated rings. The lowest BCUT2D eigenvalue weighted by Gasteiger charge is -2.26. The Morgan fingerprint density at radius 2 is 1.93 bits per heavy atom. The van der Waals surface area contributed by atoms with E-state index in [0.717, 1.165) is 45.0 Å². The molecule has 140 valence electrons. The lowest BCUT2D eigenvalue weighted by molar-refractivity contribution is -0.110. The van der Waals surface area contributed by atoms with Crippen LogP contribution in [0.2, 0.25) is 0 Å². The molecule has 2 N–H and O–H groups in total. The Kier molecular flexibility index (Phi) is 5.18. The molecule has 5 nitrogen and oxygen atoms in total. The van der Waals surface area contributed by atoms with E-state index in [9.17, 15) is 9.18 Å². The average Bonchev–Trinajstić information content (AvgIpc) is 3.03. The maximum Gasteiger partial charge on any atom is 0.257 e. The highest BCUT2D eigenvalue weighted by molar-refractivity contribution is 6.31. The molecule has 0 spiro atoms. The number of morpholine rings is 1. The molecule has 1 amide bonds. The van der Waals surface area contributed by atoms with Crippen molar-refractivity contribution in [1.29, 1.82) is 0 Å². The van der Waals surface area contributed by atoms with Gasteiger partial charge in [0.1, 0.15) is 5.82 Å². The van der Waals surface area contributed by atoms with Crippen molar-refractivity contribution >= 4 is 22.9 Å². The first-order valence-corrected chi connectivity index (χ1v) is 9.17. The summed E-state index contributed by atoms with van der Waals surface area (Å²) in [5, 5.41) is 5.78. The molecule has 2 aromatic rings. The monoisotopic (exact) mass is 367 g/mol. The van der Waals surface area contributed by atoms with E-state index in [4.69, 9.17) is 4.74 Å². The Morgan fingerprint density at radius 1 is 1.15 bits per heavy atom. The van der Waals surface area contributed by atoms with E-state index in [-0.39, 0.29) is 5.91 Å². The summed E-state index contributed by atoms with van der Waals surface area (Å²) < 4.78 is 19.4. The highest BCUT2D eigenvalue weighted by atomic mass is 19.1. The highest BCUT2D eigenvalue weighted by Gasteiger charge is 2.27. The number of carbonyl (C=O) groups is 1. The number of carbonyl (C=O) groups excluding carboxylic acids is 1. The summed E-state index contributed by atoms with van der Waals surface area (Å²) in [6.07, 6.45) is 2.55. The Bertz CT molecular complexity index is 858. The van der Waals surface area contributed by atoms with Crippen LogP contribution in [0.5, 0.6) is 0 Å². The van der Waals surface area contributed by atoms with Crippen LogP contribution < -0.4 is 10.6 Å². The molecule has 0 aromatic heterocycles. The van der Waals surface area contributed by atoms with Crippen molar-refractivity contribution < 1.29 is 13.9 Å². The molecule has 0 unspecified atom stereocenters. The summed E-state index contributed by atoms with van der Waals surface area (Å²) in [4.78, 5) is 14.5. The van der Waals surface area contributed by atoms with E-state index < -0.39 is 5.82 Å². The van der Waals surface area contributed by atoms with Gasteiger partial charge >= 0.3 is 0 Å². The fraction of sp³-hybridized carbons (Fsp3) is 0.286. The summed E-state index contributed by atoms with van der Waals surface area (Å²) in [7, 11) is 0. The third kappa shape index (κ3) is 4.02. The summed E-state index contributed by atoms with van der Waals surface area (Å²) in [5.74, 6) is -0.706. The van der Waals surface area contributed by atoms with E-state index >= 15 is 0 Å². The van der Waals surface area contributed by atoms with Gasteiger partial charge in [-0.1, -0.05) is 18.2 Å². The fourth-order valence-corrected chi connectivity index (χ4v) is 3.38. The molecule has 2 aliphatic rings. The van der Waals surface area contributed by atoms with Crippen molar-refractivity contribution in [3.05, 3.63) is 65.6 Å². The third-order valence-electron chi connectivity index (χ3n) is 4.93. The van der Waals surface area contributed by atoms with Gasteiger partial charge in [-0.15, -0.1) is 0 Å². The zero-order valence-electron chi connectivity index (χ0n) is 15.0. The van der Waals surface area contributed by atoms with Gasteiger partial charge in [0.25, 0.3) is 5.91 Å². The van der Waals surface area contributed by atoms with Gasteiger partial charge in [0.05, 0.1) is 24.5 Å². The number of ether oxygens (including phenoxy) is 1. The third-order valence-corrected chi connectivity index (χ3v) is 4.93. The first-order valence-electron chi connectivity index (χ1n) is 9.17. The standard InChI is InChI=1S/C21H22FN3O2/c22-18-2-1-3-19-20(18)17(21(26)24-19)14-23-16-6-4-15(5-7-16)8-9-25-10-12-27-13-11-25/h1-7,14,23H,8-13H2,(H,24,26). The van der Waals surface area contributed by atoms with Gasteiger partial charge in [-0.3, -0.25) is 9.69 Å². The largest absolute Gasteiger partial charge is 0.379 e. The van der Waals surface area contributed by atoms with E-state index in [2.05, 4.69) is 27.7 Å². The van der Waals surface area contributed by atoms with Gasteiger partial charge in [-0.05, 0) is 36.2 Å². The van der Waals surface area contributed by atoms with Crippen molar-refractivity contribution in [3.8, 4) is 0 Å². The van der Waals surface area contributed by atoms with Crippen LogP contribution in [-0.4, -0.2) is 43.7 Å². The number of hydrogen-bond acceptors (Lipinski definition) is 4. The van der Waals surface area contributed by atoms with Crippen LogP contribution in [0.3, 0.4) is 0 Å². The van der Waals surface area contributed by atoms with Crippen LogP contribution in [0.15, 0.2) is 48.7 Å². The maximum absolute atomic E-state index is 14.1. The summed E-state index contributed by atoms with van der Waals surface area (Å²) in [5.41, 5.74) is 3.24. The number of halogens is 1. The first kappa shape index (κ1) is 17.7. The van der Waals surface area contributed by atoms with E-state index in [1.165, 1.54) is 11.6 Å². The molecule has 0 atom stereocenters. The molecule has 0 bridgehead atoms. The Hall–Kier alpha value is -2.70. The maximum atomic E-state index is 14.1. The average molecular weight is 367 g/mol. The van der Waals surface area contributed by atoms with Crippen LogP contribution in [0.25, 0.3) is 5.57 Å². The van der Waals surface area contributed by atoms with Crippen molar-refractivity contribution in [1.82, 2.24) is 4.90 Å². The second kappa shape index (κ2) is 7.90. The zero-order chi connectivity index (χ0) is 18.6. The number of nitrogens with zero attached hydrogens (tertiary/aromatic N) is 1. The van der Waals surface area contributed by atoms with E-state index in [0.29, 0.717) is 16.8 Å². The predicted octanol–water partition coefficient (Wildman–Crippen LogP) is 3.11. The van der Waals surface area contributed by atoms with Crippen LogP contribution in [-0.2, 0) is 16.0 Å². The molecule has 0 aliphatic carbocycles. The molecule has 4 rings (SSSR count). The first-order chi connectivity index (χ1) is 13.2. The normalized spacial score (nSPS) is 18.4.